The highest BCUT2D eigenvalue weighted by Gasteiger charge is 2.23. The lowest BCUT2D eigenvalue weighted by molar-refractivity contribution is -0.116. The zero-order chi connectivity index (χ0) is 15.5. The van der Waals surface area contributed by atoms with Gasteiger partial charge in [-0.3, -0.25) is 9.59 Å². The van der Waals surface area contributed by atoms with Gasteiger partial charge in [0.1, 0.15) is 0 Å². The number of anilines is 1. The minimum absolute atomic E-state index is 0.0140. The van der Waals surface area contributed by atoms with Gasteiger partial charge >= 0.3 is 0 Å². The molecule has 1 aromatic carbocycles. The molecule has 1 aromatic heterocycles. The third-order valence-corrected chi connectivity index (χ3v) is 4.61. The fourth-order valence-corrected chi connectivity index (χ4v) is 3.19. The summed E-state index contributed by atoms with van der Waals surface area (Å²) in [6.45, 7) is 0.678. The second-order valence-electron chi connectivity index (χ2n) is 5.28. The van der Waals surface area contributed by atoms with Crippen LogP contribution in [0.1, 0.15) is 27.3 Å². The number of fused-ring (bicyclic) bond motifs is 1. The molecule has 1 N–H and O–H groups in total. The van der Waals surface area contributed by atoms with E-state index in [0.717, 1.165) is 22.7 Å². The van der Waals surface area contributed by atoms with Crippen LogP contribution >= 0.6 is 11.3 Å². The van der Waals surface area contributed by atoms with Crippen LogP contribution in [0.3, 0.4) is 0 Å². The first kappa shape index (κ1) is 14.7. The highest BCUT2D eigenvalue weighted by atomic mass is 32.1. The molecular formula is C16H17N3O2S. The van der Waals surface area contributed by atoms with Crippen molar-refractivity contribution >= 4 is 28.8 Å². The molecule has 2 aromatic rings. The summed E-state index contributed by atoms with van der Waals surface area (Å²) in [6, 6.07) is 5.49. The van der Waals surface area contributed by atoms with Crippen molar-refractivity contribution in [1.29, 1.82) is 0 Å². The third kappa shape index (κ3) is 3.01. The maximum atomic E-state index is 12.1. The second kappa shape index (κ2) is 6.27. The number of nitrogens with one attached hydrogen (secondary N) is 1. The number of amides is 2. The molecule has 0 saturated heterocycles. The first-order chi connectivity index (χ1) is 10.6. The molecule has 0 aliphatic carbocycles. The van der Waals surface area contributed by atoms with Crippen molar-refractivity contribution in [2.75, 3.05) is 18.9 Å². The Morgan fingerprint density at radius 2 is 2.32 bits per heavy atom. The van der Waals surface area contributed by atoms with Crippen LogP contribution in [-0.2, 0) is 17.6 Å². The number of aromatic nitrogens is 1. The SMILES string of the molecule is CN1CCc2c(NC(=O)CCc3nccs3)cccc2C1=O. The minimum atomic E-state index is -0.0463. The quantitative estimate of drug-likeness (QED) is 0.942. The van der Waals surface area contributed by atoms with Crippen LogP contribution in [-0.4, -0.2) is 35.3 Å². The van der Waals surface area contributed by atoms with Gasteiger partial charge in [0.25, 0.3) is 5.91 Å². The number of aryl methyl sites for hydroxylation is 1. The van der Waals surface area contributed by atoms with Crippen molar-refractivity contribution in [3.05, 3.63) is 45.9 Å². The molecule has 22 heavy (non-hydrogen) atoms. The van der Waals surface area contributed by atoms with E-state index in [9.17, 15) is 9.59 Å². The van der Waals surface area contributed by atoms with Gasteiger partial charge in [0.2, 0.25) is 5.91 Å². The van der Waals surface area contributed by atoms with E-state index in [4.69, 9.17) is 0 Å². The van der Waals surface area contributed by atoms with Crippen molar-refractivity contribution in [2.24, 2.45) is 0 Å². The van der Waals surface area contributed by atoms with Crippen molar-refractivity contribution in [3.8, 4) is 0 Å². The van der Waals surface area contributed by atoms with Crippen molar-refractivity contribution in [1.82, 2.24) is 9.88 Å². The lowest BCUT2D eigenvalue weighted by atomic mass is 9.97. The highest BCUT2D eigenvalue weighted by Crippen LogP contribution is 2.25. The molecule has 0 saturated carbocycles. The Hall–Kier alpha value is -2.21. The molecule has 0 radical (unpaired) electrons. The van der Waals surface area contributed by atoms with E-state index in [2.05, 4.69) is 10.3 Å². The molecule has 0 unspecified atom stereocenters. The number of hydrogen-bond acceptors (Lipinski definition) is 4. The molecule has 3 rings (SSSR count). The summed E-state index contributed by atoms with van der Waals surface area (Å²) in [5, 5.41) is 5.80. The molecule has 0 spiro atoms. The lowest BCUT2D eigenvalue weighted by Crippen LogP contribution is -2.34. The molecule has 5 nitrogen and oxygen atoms in total. The van der Waals surface area contributed by atoms with Gasteiger partial charge < -0.3 is 10.2 Å². The second-order valence-corrected chi connectivity index (χ2v) is 6.26. The monoisotopic (exact) mass is 315 g/mol. The first-order valence-electron chi connectivity index (χ1n) is 7.20. The van der Waals surface area contributed by atoms with Crippen LogP contribution in [0.15, 0.2) is 29.8 Å². The van der Waals surface area contributed by atoms with Crippen LogP contribution in [0.2, 0.25) is 0 Å². The van der Waals surface area contributed by atoms with Crippen molar-refractivity contribution in [2.45, 2.75) is 19.3 Å². The number of benzene rings is 1. The summed E-state index contributed by atoms with van der Waals surface area (Å²) in [5.74, 6) is -0.0323. The zero-order valence-electron chi connectivity index (χ0n) is 12.3. The molecule has 114 valence electrons. The number of rotatable bonds is 4. The summed E-state index contributed by atoms with van der Waals surface area (Å²) in [4.78, 5) is 30.1. The Labute approximate surface area is 133 Å². The van der Waals surface area contributed by atoms with E-state index >= 15 is 0 Å². The topological polar surface area (TPSA) is 62.3 Å². The maximum absolute atomic E-state index is 12.1. The number of thiazole rings is 1. The van der Waals surface area contributed by atoms with E-state index in [1.54, 1.807) is 29.5 Å². The highest BCUT2D eigenvalue weighted by molar-refractivity contribution is 7.09. The molecular weight excluding hydrogens is 298 g/mol. The van der Waals surface area contributed by atoms with Gasteiger partial charge in [-0.1, -0.05) is 6.07 Å². The minimum Gasteiger partial charge on any atom is -0.341 e. The van der Waals surface area contributed by atoms with E-state index in [-0.39, 0.29) is 11.8 Å². The summed E-state index contributed by atoms with van der Waals surface area (Å²) in [5.41, 5.74) is 2.38. The molecule has 6 heteroatoms. The number of carbonyl (C=O) groups is 2. The van der Waals surface area contributed by atoms with Gasteiger partial charge in [0.15, 0.2) is 0 Å². The standard InChI is InChI=1S/C16H17N3O2S/c1-19-9-7-11-12(16(19)21)3-2-4-13(11)18-14(20)5-6-15-17-8-10-22-15/h2-4,8,10H,5-7,9H2,1H3,(H,18,20). The van der Waals surface area contributed by atoms with Gasteiger partial charge in [-0.15, -0.1) is 11.3 Å². The summed E-state index contributed by atoms with van der Waals surface area (Å²) >= 11 is 1.55. The molecule has 0 atom stereocenters. The Morgan fingerprint density at radius 3 is 3.09 bits per heavy atom. The Bertz CT molecular complexity index is 697. The summed E-state index contributed by atoms with van der Waals surface area (Å²) in [7, 11) is 1.80. The van der Waals surface area contributed by atoms with Crippen molar-refractivity contribution < 1.29 is 9.59 Å². The van der Waals surface area contributed by atoms with Crippen LogP contribution in [0.4, 0.5) is 5.69 Å². The summed E-state index contributed by atoms with van der Waals surface area (Å²) < 4.78 is 0. The van der Waals surface area contributed by atoms with Gasteiger partial charge in [-0.05, 0) is 24.1 Å². The molecule has 1 aliphatic rings. The smallest absolute Gasteiger partial charge is 0.253 e. The number of hydrogen-bond donors (Lipinski definition) is 1. The summed E-state index contributed by atoms with van der Waals surface area (Å²) in [6.07, 6.45) is 3.54. The van der Waals surface area contributed by atoms with E-state index in [1.165, 1.54) is 0 Å². The van der Waals surface area contributed by atoms with Crippen LogP contribution in [0.25, 0.3) is 0 Å². The predicted octanol–water partition coefficient (Wildman–Crippen LogP) is 2.34. The zero-order valence-corrected chi connectivity index (χ0v) is 13.2. The lowest BCUT2D eigenvalue weighted by Gasteiger charge is -2.26. The van der Waals surface area contributed by atoms with Gasteiger partial charge in [0, 0.05) is 49.3 Å². The molecule has 2 amide bonds. The van der Waals surface area contributed by atoms with E-state index < -0.39 is 0 Å². The van der Waals surface area contributed by atoms with Gasteiger partial charge in [0.05, 0.1) is 5.01 Å². The van der Waals surface area contributed by atoms with Gasteiger partial charge in [-0.2, -0.15) is 0 Å². The number of likely N-dealkylation sites (N-methyl/N-ethyl adjacent to an activating group) is 1. The Balaban J connectivity index is 1.70. The molecule has 1 aliphatic heterocycles. The Morgan fingerprint density at radius 1 is 1.45 bits per heavy atom. The van der Waals surface area contributed by atoms with Crippen LogP contribution in [0, 0.1) is 0 Å². The average Bonchev–Trinajstić information content (AvgIpc) is 3.03. The fraction of sp³-hybridized carbons (Fsp3) is 0.312. The molecule has 2 heterocycles. The third-order valence-electron chi connectivity index (χ3n) is 3.77. The van der Waals surface area contributed by atoms with Crippen LogP contribution in [0.5, 0.6) is 0 Å². The number of nitrogens with zero attached hydrogens (tertiary/aromatic N) is 2. The van der Waals surface area contributed by atoms with Crippen LogP contribution < -0.4 is 5.32 Å². The predicted molar refractivity (Wildman–Crippen MR) is 86.2 cm³/mol. The molecule has 0 bridgehead atoms. The average molecular weight is 315 g/mol. The molecule has 0 fully saturated rings. The number of carbonyl (C=O) groups excluding carboxylic acids is 2. The normalized spacial score (nSPS) is 13.9. The largest absolute Gasteiger partial charge is 0.341 e. The Kier molecular flexibility index (Phi) is 4.20. The first-order valence-corrected chi connectivity index (χ1v) is 8.08. The van der Waals surface area contributed by atoms with E-state index in [0.29, 0.717) is 24.9 Å². The van der Waals surface area contributed by atoms with Crippen molar-refractivity contribution in [3.63, 3.8) is 0 Å². The fourth-order valence-electron chi connectivity index (χ4n) is 2.57. The maximum Gasteiger partial charge on any atom is 0.253 e. The van der Waals surface area contributed by atoms with Gasteiger partial charge in [-0.25, -0.2) is 4.98 Å². The van der Waals surface area contributed by atoms with E-state index in [1.807, 2.05) is 23.6 Å².